The number of ether oxygens (including phenoxy) is 1. The van der Waals surface area contributed by atoms with Gasteiger partial charge in [-0.05, 0) is 51.0 Å². The molecule has 2 aromatic heterocycles. The van der Waals surface area contributed by atoms with Gasteiger partial charge in [0.25, 0.3) is 5.16 Å². The molecule has 13 heteroatoms. The number of nitrogens with zero attached hydrogens (tertiary/aromatic N) is 3. The number of nitrogen functional groups attached to an aromatic ring is 1. The Hall–Kier alpha value is -4.00. The molecule has 1 aromatic carbocycles. The number of rotatable bonds is 8. The van der Waals surface area contributed by atoms with Crippen LogP contribution in [-0.4, -0.2) is 47.1 Å². The summed E-state index contributed by atoms with van der Waals surface area (Å²) in [5, 5.41) is 11.6. The summed E-state index contributed by atoms with van der Waals surface area (Å²) in [5.41, 5.74) is 6.69. The van der Waals surface area contributed by atoms with Crippen molar-refractivity contribution in [1.29, 1.82) is 0 Å². The predicted octanol–water partition coefficient (Wildman–Crippen LogP) is 2.19. The van der Waals surface area contributed by atoms with Crippen molar-refractivity contribution in [3.8, 4) is 0 Å². The molecule has 0 spiro atoms. The highest BCUT2D eigenvalue weighted by Crippen LogP contribution is 2.31. The van der Waals surface area contributed by atoms with Crippen molar-refractivity contribution in [2.75, 3.05) is 23.0 Å². The number of carbonyl (C=O) groups is 2. The Morgan fingerprint density at radius 3 is 2.50 bits per heavy atom. The van der Waals surface area contributed by atoms with Gasteiger partial charge in [-0.25, -0.2) is 18.2 Å². The summed E-state index contributed by atoms with van der Waals surface area (Å²) in [7, 11) is -4.25. The summed E-state index contributed by atoms with van der Waals surface area (Å²) in [6.07, 6.45) is 1.70. The molecule has 0 radical (unpaired) electrons. The maximum atomic E-state index is 13.3. The van der Waals surface area contributed by atoms with Crippen LogP contribution in [0.4, 0.5) is 23.0 Å². The summed E-state index contributed by atoms with van der Waals surface area (Å²) < 4.78 is 31.5. The number of esters is 1. The van der Waals surface area contributed by atoms with Crippen molar-refractivity contribution in [1.82, 2.24) is 20.2 Å². The lowest BCUT2D eigenvalue weighted by Crippen LogP contribution is -2.18. The van der Waals surface area contributed by atoms with Crippen LogP contribution in [-0.2, 0) is 19.4 Å². The lowest BCUT2D eigenvalue weighted by Gasteiger charge is -2.12. The largest absolute Gasteiger partial charge is 0.461 e. The Balaban J connectivity index is 1.70. The highest BCUT2D eigenvalue weighted by molar-refractivity contribution is 7.91. The molecular weight excluding hydrogens is 462 g/mol. The van der Waals surface area contributed by atoms with E-state index in [9.17, 15) is 18.0 Å². The number of hydrogen-bond acceptors (Lipinski definition) is 10. The summed E-state index contributed by atoms with van der Waals surface area (Å²) >= 11 is 0. The number of aryl methyl sites for hydroxylation is 1. The fourth-order valence-electron chi connectivity index (χ4n) is 3.04. The van der Waals surface area contributed by atoms with E-state index < -0.39 is 26.7 Å². The zero-order valence-electron chi connectivity index (χ0n) is 18.5. The molecule has 0 saturated heterocycles. The molecule has 34 heavy (non-hydrogen) atoms. The first-order chi connectivity index (χ1) is 16.2. The Morgan fingerprint density at radius 1 is 1.21 bits per heavy atom. The summed E-state index contributed by atoms with van der Waals surface area (Å²) in [6, 6.07) is 7.25. The second kappa shape index (κ2) is 9.09. The zero-order chi connectivity index (χ0) is 24.5. The molecule has 12 nitrogen and oxygen atoms in total. The third-order valence-corrected chi connectivity index (χ3v) is 6.52. The van der Waals surface area contributed by atoms with E-state index in [1.54, 1.807) is 19.9 Å². The Labute approximate surface area is 195 Å². The molecule has 0 unspecified atom stereocenters. The van der Waals surface area contributed by atoms with Gasteiger partial charge in [-0.1, -0.05) is 0 Å². The fraction of sp³-hybridized carbons (Fsp3) is 0.286. The number of aromatic nitrogens is 4. The number of H-pyrrole nitrogens is 1. The van der Waals surface area contributed by atoms with Crippen LogP contribution in [0.1, 0.15) is 35.9 Å². The molecule has 4 rings (SSSR count). The lowest BCUT2D eigenvalue weighted by molar-refractivity contribution is -0.117. The van der Waals surface area contributed by atoms with Gasteiger partial charge >= 0.3 is 5.97 Å². The van der Waals surface area contributed by atoms with Crippen molar-refractivity contribution in [3.05, 3.63) is 41.7 Å². The summed E-state index contributed by atoms with van der Waals surface area (Å²) in [6.45, 7) is 3.42. The number of amides is 1. The summed E-state index contributed by atoms with van der Waals surface area (Å²) in [4.78, 5) is 32.2. The van der Waals surface area contributed by atoms with Gasteiger partial charge in [-0.15, -0.1) is 0 Å². The minimum absolute atomic E-state index is 0.0112. The van der Waals surface area contributed by atoms with E-state index >= 15 is 0 Å². The SMILES string of the molecule is CCOC(=O)c1nc(S(=O)(=O)c2ccc(NC(=O)C3CC3)cc2)nc(Nc2cc(C)[nH]n2)c1N. The molecule has 1 aliphatic rings. The third kappa shape index (κ3) is 4.83. The standard InChI is InChI=1S/C21H23N7O5S/c1-3-33-20(30)17-16(22)18(24-15-10-11(2)27-28-15)26-21(25-17)34(31,32)14-8-6-13(7-9-14)23-19(29)12-4-5-12/h6-10,12H,3-5,22H2,1-2H3,(H,23,29)(H2,24,25,26,27,28). The average molecular weight is 486 g/mol. The normalized spacial score (nSPS) is 13.4. The molecule has 1 aliphatic carbocycles. The van der Waals surface area contributed by atoms with E-state index in [-0.39, 0.29) is 34.8 Å². The van der Waals surface area contributed by atoms with E-state index in [1.165, 1.54) is 24.3 Å². The Bertz CT molecular complexity index is 1350. The molecule has 3 aromatic rings. The highest BCUT2D eigenvalue weighted by Gasteiger charge is 2.30. The van der Waals surface area contributed by atoms with Crippen LogP contribution < -0.4 is 16.4 Å². The molecule has 1 saturated carbocycles. The Morgan fingerprint density at radius 2 is 1.91 bits per heavy atom. The molecule has 1 amide bonds. The lowest BCUT2D eigenvalue weighted by atomic mass is 10.3. The van der Waals surface area contributed by atoms with Gasteiger partial charge in [-0.2, -0.15) is 10.1 Å². The third-order valence-electron chi connectivity index (χ3n) is 4.97. The Kier molecular flexibility index (Phi) is 6.20. The van der Waals surface area contributed by atoms with Crippen LogP contribution in [0.25, 0.3) is 0 Å². The van der Waals surface area contributed by atoms with Crippen molar-refractivity contribution in [3.63, 3.8) is 0 Å². The molecule has 1 fully saturated rings. The molecule has 0 bridgehead atoms. The van der Waals surface area contributed by atoms with Gasteiger partial charge in [-0.3, -0.25) is 9.89 Å². The molecule has 0 atom stereocenters. The molecule has 178 valence electrons. The first kappa shape index (κ1) is 23.2. The number of nitrogens with one attached hydrogen (secondary N) is 3. The minimum atomic E-state index is -4.25. The van der Waals surface area contributed by atoms with Crippen LogP contribution in [0.2, 0.25) is 0 Å². The number of sulfone groups is 1. The van der Waals surface area contributed by atoms with E-state index in [0.717, 1.165) is 18.5 Å². The summed E-state index contributed by atoms with van der Waals surface area (Å²) in [5.74, 6) is -0.774. The van der Waals surface area contributed by atoms with Crippen molar-refractivity contribution in [2.24, 2.45) is 5.92 Å². The second-order valence-corrected chi connectivity index (χ2v) is 9.53. The van der Waals surface area contributed by atoms with E-state index in [0.29, 0.717) is 11.5 Å². The zero-order valence-corrected chi connectivity index (χ0v) is 19.3. The van der Waals surface area contributed by atoms with Gasteiger partial charge in [0, 0.05) is 23.4 Å². The number of benzene rings is 1. The molecule has 5 N–H and O–H groups in total. The minimum Gasteiger partial charge on any atom is -0.461 e. The number of carbonyl (C=O) groups excluding carboxylic acids is 2. The van der Waals surface area contributed by atoms with E-state index in [4.69, 9.17) is 10.5 Å². The van der Waals surface area contributed by atoms with Crippen LogP contribution >= 0.6 is 0 Å². The number of hydrogen-bond donors (Lipinski definition) is 4. The monoisotopic (exact) mass is 485 g/mol. The van der Waals surface area contributed by atoms with Gasteiger partial charge < -0.3 is 21.1 Å². The van der Waals surface area contributed by atoms with Crippen molar-refractivity contribution >= 4 is 44.7 Å². The topological polar surface area (TPSA) is 182 Å². The van der Waals surface area contributed by atoms with Crippen LogP contribution in [0.5, 0.6) is 0 Å². The quantitative estimate of drug-likeness (QED) is 0.272. The van der Waals surface area contributed by atoms with Crippen LogP contribution in [0.15, 0.2) is 40.4 Å². The average Bonchev–Trinajstić information content (AvgIpc) is 3.58. The fourth-order valence-corrected chi connectivity index (χ4v) is 4.16. The maximum Gasteiger partial charge on any atom is 0.359 e. The smallest absolute Gasteiger partial charge is 0.359 e. The van der Waals surface area contributed by atoms with E-state index in [2.05, 4.69) is 30.8 Å². The first-order valence-electron chi connectivity index (χ1n) is 10.5. The number of nitrogens with two attached hydrogens (primary N) is 1. The number of aromatic amines is 1. The number of anilines is 4. The maximum absolute atomic E-state index is 13.3. The van der Waals surface area contributed by atoms with Gasteiger partial charge in [0.1, 0.15) is 5.69 Å². The van der Waals surface area contributed by atoms with Gasteiger partial charge in [0.2, 0.25) is 15.7 Å². The highest BCUT2D eigenvalue weighted by atomic mass is 32.2. The molecular formula is C21H23N7O5S. The molecule has 0 aliphatic heterocycles. The van der Waals surface area contributed by atoms with Crippen molar-refractivity contribution in [2.45, 2.75) is 36.7 Å². The predicted molar refractivity (Wildman–Crippen MR) is 122 cm³/mol. The first-order valence-corrected chi connectivity index (χ1v) is 12.0. The second-order valence-electron chi connectivity index (χ2n) is 7.69. The van der Waals surface area contributed by atoms with Crippen LogP contribution in [0.3, 0.4) is 0 Å². The van der Waals surface area contributed by atoms with Crippen molar-refractivity contribution < 1.29 is 22.7 Å². The molecule has 2 heterocycles. The van der Waals surface area contributed by atoms with Gasteiger partial charge in [0.15, 0.2) is 17.3 Å². The van der Waals surface area contributed by atoms with Crippen LogP contribution in [0, 0.1) is 12.8 Å². The van der Waals surface area contributed by atoms with E-state index in [1.807, 2.05) is 0 Å². The van der Waals surface area contributed by atoms with Gasteiger partial charge in [0.05, 0.1) is 11.5 Å².